The molecule has 1 aliphatic carbocycles. The van der Waals surface area contributed by atoms with Crippen molar-refractivity contribution in [1.82, 2.24) is 10.2 Å². The molecule has 1 aromatic heterocycles. The molecule has 0 fully saturated rings. The minimum atomic E-state index is -0.0787. The van der Waals surface area contributed by atoms with Gasteiger partial charge in [-0.05, 0) is 30.7 Å². The van der Waals surface area contributed by atoms with Crippen LogP contribution in [0, 0.1) is 5.92 Å². The molecule has 0 unspecified atom stereocenters. The number of nitrogens with zero attached hydrogens (tertiary/aromatic N) is 1. The normalized spacial score (nSPS) is 26.7. The number of hydrogen-bond acceptors (Lipinski definition) is 2. The summed E-state index contributed by atoms with van der Waals surface area (Å²) in [5, 5.41) is 6.68. The predicted molar refractivity (Wildman–Crippen MR) is 55.4 cm³/mol. The third-order valence-corrected chi connectivity index (χ3v) is 3.05. The van der Waals surface area contributed by atoms with E-state index in [-0.39, 0.29) is 5.56 Å². The lowest BCUT2D eigenvalue weighted by Gasteiger charge is -2.08. The lowest BCUT2D eigenvalue weighted by molar-refractivity contribution is 0.503. The van der Waals surface area contributed by atoms with Crippen molar-refractivity contribution in [2.75, 3.05) is 0 Å². The molecular weight excluding hydrogens is 176 g/mol. The quantitative estimate of drug-likeness (QED) is 0.637. The summed E-state index contributed by atoms with van der Waals surface area (Å²) < 4.78 is 0. The van der Waals surface area contributed by atoms with Crippen molar-refractivity contribution in [2.45, 2.75) is 39.0 Å². The van der Waals surface area contributed by atoms with Gasteiger partial charge in [-0.2, -0.15) is 5.10 Å². The Bertz CT molecular complexity index is 383. The van der Waals surface area contributed by atoms with Crippen molar-refractivity contribution in [3.8, 4) is 0 Å². The number of nitrogens with one attached hydrogen (secondary N) is 1. The standard InChI is InChI=1S/C11H16N2O/c1-7-3-4-8(2)11-9(5-7)6-10(14)12-13-11/h6-8H,3-5H2,1-2H3,(H,12,14)/t7-,8+/m0/s1. The predicted octanol–water partition coefficient (Wildman–Crippen LogP) is 1.85. The van der Waals surface area contributed by atoms with Gasteiger partial charge in [-0.1, -0.05) is 13.8 Å². The van der Waals surface area contributed by atoms with E-state index in [0.717, 1.165) is 17.7 Å². The van der Waals surface area contributed by atoms with E-state index in [1.54, 1.807) is 6.07 Å². The first-order chi connectivity index (χ1) is 6.66. The zero-order chi connectivity index (χ0) is 10.1. The monoisotopic (exact) mass is 192 g/mol. The summed E-state index contributed by atoms with van der Waals surface area (Å²) in [6.45, 7) is 4.42. The highest BCUT2D eigenvalue weighted by Crippen LogP contribution is 2.29. The van der Waals surface area contributed by atoms with Crippen LogP contribution >= 0.6 is 0 Å². The summed E-state index contributed by atoms with van der Waals surface area (Å²) in [4.78, 5) is 11.1. The molecule has 0 aromatic carbocycles. The second-order valence-corrected chi connectivity index (χ2v) is 4.43. The van der Waals surface area contributed by atoms with Gasteiger partial charge in [0, 0.05) is 12.0 Å². The van der Waals surface area contributed by atoms with Gasteiger partial charge in [-0.3, -0.25) is 4.79 Å². The first kappa shape index (κ1) is 9.44. The molecule has 3 heteroatoms. The van der Waals surface area contributed by atoms with Gasteiger partial charge < -0.3 is 0 Å². The maximum Gasteiger partial charge on any atom is 0.264 e. The summed E-state index contributed by atoms with van der Waals surface area (Å²) in [6, 6.07) is 1.71. The fraction of sp³-hybridized carbons (Fsp3) is 0.636. The molecule has 0 amide bonds. The molecule has 1 heterocycles. The maximum absolute atomic E-state index is 11.1. The van der Waals surface area contributed by atoms with Gasteiger partial charge in [0.1, 0.15) is 0 Å². The molecule has 2 atom stereocenters. The number of H-pyrrole nitrogens is 1. The van der Waals surface area contributed by atoms with E-state index in [4.69, 9.17) is 0 Å². The van der Waals surface area contributed by atoms with Crippen molar-refractivity contribution in [2.24, 2.45) is 5.92 Å². The molecule has 0 bridgehead atoms. The Hall–Kier alpha value is -1.12. The van der Waals surface area contributed by atoms with Crippen molar-refractivity contribution < 1.29 is 0 Å². The second-order valence-electron chi connectivity index (χ2n) is 4.43. The van der Waals surface area contributed by atoms with Crippen LogP contribution in [-0.4, -0.2) is 10.2 Å². The number of aromatic nitrogens is 2. The highest BCUT2D eigenvalue weighted by molar-refractivity contribution is 5.22. The Kier molecular flexibility index (Phi) is 2.40. The average molecular weight is 192 g/mol. The van der Waals surface area contributed by atoms with Crippen LogP contribution in [-0.2, 0) is 6.42 Å². The van der Waals surface area contributed by atoms with Gasteiger partial charge in [0.15, 0.2) is 0 Å². The van der Waals surface area contributed by atoms with Gasteiger partial charge in [-0.25, -0.2) is 5.10 Å². The third kappa shape index (κ3) is 1.72. The molecular formula is C11H16N2O. The lowest BCUT2D eigenvalue weighted by Crippen LogP contribution is -2.13. The number of hydrogen-bond donors (Lipinski definition) is 1. The van der Waals surface area contributed by atoms with Crippen molar-refractivity contribution in [1.29, 1.82) is 0 Å². The molecule has 0 saturated heterocycles. The van der Waals surface area contributed by atoms with Crippen LogP contribution in [0.5, 0.6) is 0 Å². The summed E-state index contributed by atoms with van der Waals surface area (Å²) in [5.74, 6) is 1.15. The fourth-order valence-corrected chi connectivity index (χ4v) is 2.19. The molecule has 0 radical (unpaired) electrons. The van der Waals surface area contributed by atoms with Crippen LogP contribution in [0.25, 0.3) is 0 Å². The molecule has 0 spiro atoms. The van der Waals surface area contributed by atoms with E-state index in [2.05, 4.69) is 24.0 Å². The molecule has 1 aliphatic rings. The highest BCUT2D eigenvalue weighted by atomic mass is 16.1. The van der Waals surface area contributed by atoms with E-state index in [1.807, 2.05) is 0 Å². The third-order valence-electron chi connectivity index (χ3n) is 3.05. The molecule has 1 aromatic rings. The first-order valence-electron chi connectivity index (χ1n) is 5.25. The number of fused-ring (bicyclic) bond motifs is 1. The molecule has 3 nitrogen and oxygen atoms in total. The number of rotatable bonds is 0. The van der Waals surface area contributed by atoms with E-state index < -0.39 is 0 Å². The Labute approximate surface area is 83.5 Å². The summed E-state index contributed by atoms with van der Waals surface area (Å²) >= 11 is 0. The Morgan fingerprint density at radius 3 is 3.00 bits per heavy atom. The lowest BCUT2D eigenvalue weighted by atomic mass is 10.0. The molecule has 0 saturated carbocycles. The highest BCUT2D eigenvalue weighted by Gasteiger charge is 2.20. The summed E-state index contributed by atoms with van der Waals surface area (Å²) in [6.07, 6.45) is 3.40. The Morgan fingerprint density at radius 1 is 1.43 bits per heavy atom. The van der Waals surface area contributed by atoms with Gasteiger partial charge in [0.2, 0.25) is 0 Å². The first-order valence-corrected chi connectivity index (χ1v) is 5.25. The van der Waals surface area contributed by atoms with Crippen LogP contribution < -0.4 is 5.56 Å². The van der Waals surface area contributed by atoms with Crippen LogP contribution in [0.1, 0.15) is 43.9 Å². The smallest absolute Gasteiger partial charge is 0.264 e. The topological polar surface area (TPSA) is 45.8 Å². The molecule has 0 aliphatic heterocycles. The van der Waals surface area contributed by atoms with E-state index in [9.17, 15) is 4.79 Å². The van der Waals surface area contributed by atoms with Crippen LogP contribution in [0.3, 0.4) is 0 Å². The van der Waals surface area contributed by atoms with Gasteiger partial charge in [0.25, 0.3) is 5.56 Å². The van der Waals surface area contributed by atoms with Crippen LogP contribution in [0.4, 0.5) is 0 Å². The Morgan fingerprint density at radius 2 is 2.21 bits per heavy atom. The Balaban J connectivity index is 2.46. The fourth-order valence-electron chi connectivity index (χ4n) is 2.19. The van der Waals surface area contributed by atoms with Crippen LogP contribution in [0.2, 0.25) is 0 Å². The zero-order valence-electron chi connectivity index (χ0n) is 8.71. The van der Waals surface area contributed by atoms with Gasteiger partial charge in [0.05, 0.1) is 5.69 Å². The van der Waals surface area contributed by atoms with Crippen LogP contribution in [0.15, 0.2) is 10.9 Å². The van der Waals surface area contributed by atoms with Crippen molar-refractivity contribution in [3.63, 3.8) is 0 Å². The van der Waals surface area contributed by atoms with E-state index >= 15 is 0 Å². The average Bonchev–Trinajstić information content (AvgIpc) is 2.26. The van der Waals surface area contributed by atoms with Gasteiger partial charge in [-0.15, -0.1) is 0 Å². The molecule has 14 heavy (non-hydrogen) atoms. The van der Waals surface area contributed by atoms with Crippen molar-refractivity contribution in [3.05, 3.63) is 27.7 Å². The van der Waals surface area contributed by atoms with E-state index in [0.29, 0.717) is 11.8 Å². The van der Waals surface area contributed by atoms with Crippen molar-refractivity contribution >= 4 is 0 Å². The molecule has 2 rings (SSSR count). The second kappa shape index (κ2) is 3.56. The minimum Gasteiger partial charge on any atom is -0.268 e. The summed E-state index contributed by atoms with van der Waals surface area (Å²) in [5.41, 5.74) is 2.16. The summed E-state index contributed by atoms with van der Waals surface area (Å²) in [7, 11) is 0. The molecule has 1 N–H and O–H groups in total. The zero-order valence-corrected chi connectivity index (χ0v) is 8.71. The van der Waals surface area contributed by atoms with E-state index in [1.165, 1.54) is 12.8 Å². The largest absolute Gasteiger partial charge is 0.268 e. The maximum atomic E-state index is 11.1. The SMILES string of the molecule is C[C@H]1CC[C@@H](C)c2n[nH]c(=O)cc2C1. The minimum absolute atomic E-state index is 0.0787. The molecule has 76 valence electrons. The van der Waals surface area contributed by atoms with Gasteiger partial charge >= 0.3 is 0 Å². The number of aromatic amines is 1.